The molecule has 0 radical (unpaired) electrons. The summed E-state index contributed by atoms with van der Waals surface area (Å²) in [6, 6.07) is 21.6. The van der Waals surface area contributed by atoms with Crippen molar-refractivity contribution in [1.29, 1.82) is 0 Å². The van der Waals surface area contributed by atoms with E-state index in [2.05, 4.69) is 58.5 Å². The highest BCUT2D eigenvalue weighted by Gasteiger charge is 2.22. The molecule has 0 unspecified atom stereocenters. The van der Waals surface area contributed by atoms with Crippen molar-refractivity contribution in [3.63, 3.8) is 0 Å². The number of nitrogens with one attached hydrogen (secondary N) is 2. The van der Waals surface area contributed by atoms with Crippen LogP contribution in [-0.2, 0) is 0 Å². The number of unbranched alkanes of at least 4 members (excludes halogenated alkanes) is 1. The van der Waals surface area contributed by atoms with Crippen LogP contribution in [0, 0.1) is 13.8 Å². The normalized spacial score (nSPS) is 13.4. The lowest BCUT2D eigenvalue weighted by molar-refractivity contribution is 0.0951. The van der Waals surface area contributed by atoms with Crippen LogP contribution in [0.2, 0.25) is 0 Å². The first-order valence-corrected chi connectivity index (χ1v) is 12.8. The van der Waals surface area contributed by atoms with Crippen LogP contribution >= 0.6 is 0 Å². The van der Waals surface area contributed by atoms with Gasteiger partial charge in [-0.05, 0) is 62.2 Å². The SMILES string of the molecule is CCCCNC(=O)c1ccc(N2CCN(c3ccccc3C)CC2)c(NC(=O)c2ccc(C)cc2)c1. The van der Waals surface area contributed by atoms with Crippen LogP contribution in [0.25, 0.3) is 0 Å². The van der Waals surface area contributed by atoms with E-state index < -0.39 is 0 Å². The Labute approximate surface area is 214 Å². The summed E-state index contributed by atoms with van der Waals surface area (Å²) >= 11 is 0. The summed E-state index contributed by atoms with van der Waals surface area (Å²) in [6.45, 7) is 10.3. The van der Waals surface area contributed by atoms with E-state index in [0.29, 0.717) is 23.4 Å². The van der Waals surface area contributed by atoms with Crippen LogP contribution in [-0.4, -0.2) is 44.5 Å². The fourth-order valence-electron chi connectivity index (χ4n) is 4.54. The third-order valence-electron chi connectivity index (χ3n) is 6.71. The molecule has 0 aromatic heterocycles. The Morgan fingerprint density at radius 3 is 2.08 bits per heavy atom. The van der Waals surface area contributed by atoms with E-state index in [1.807, 2.05) is 43.3 Å². The standard InChI is InChI=1S/C30H36N4O2/c1-4-5-16-31-29(35)25-14-15-28(26(21-25)32-30(36)24-12-10-22(2)11-13-24)34-19-17-33(18-20-34)27-9-7-6-8-23(27)3/h6-15,21H,4-5,16-20H2,1-3H3,(H,31,35)(H,32,36). The highest BCUT2D eigenvalue weighted by molar-refractivity contribution is 6.07. The molecule has 2 amide bonds. The highest BCUT2D eigenvalue weighted by atomic mass is 16.2. The van der Waals surface area contributed by atoms with Gasteiger partial charge in [0.25, 0.3) is 11.8 Å². The summed E-state index contributed by atoms with van der Waals surface area (Å²) in [5.74, 6) is -0.302. The second-order valence-corrected chi connectivity index (χ2v) is 9.42. The Morgan fingerprint density at radius 1 is 0.778 bits per heavy atom. The molecule has 1 heterocycles. The molecule has 0 bridgehead atoms. The summed E-state index contributed by atoms with van der Waals surface area (Å²) in [4.78, 5) is 30.5. The fourth-order valence-corrected chi connectivity index (χ4v) is 4.54. The number of rotatable bonds is 8. The Morgan fingerprint density at radius 2 is 1.42 bits per heavy atom. The highest BCUT2D eigenvalue weighted by Crippen LogP contribution is 2.30. The molecule has 1 fully saturated rings. The Balaban J connectivity index is 1.55. The van der Waals surface area contributed by atoms with E-state index in [1.54, 1.807) is 6.07 Å². The Kier molecular flexibility index (Phi) is 8.26. The van der Waals surface area contributed by atoms with Gasteiger partial charge in [0.1, 0.15) is 0 Å². The molecular weight excluding hydrogens is 448 g/mol. The van der Waals surface area contributed by atoms with E-state index in [9.17, 15) is 9.59 Å². The lowest BCUT2D eigenvalue weighted by atomic mass is 10.1. The monoisotopic (exact) mass is 484 g/mol. The number of carbonyl (C=O) groups excluding carboxylic acids is 2. The summed E-state index contributed by atoms with van der Waals surface area (Å²) in [7, 11) is 0. The van der Waals surface area contributed by atoms with Gasteiger partial charge in [0, 0.05) is 49.5 Å². The molecule has 3 aromatic rings. The maximum Gasteiger partial charge on any atom is 0.255 e. The number of para-hydroxylation sites is 1. The average Bonchev–Trinajstić information content (AvgIpc) is 2.89. The zero-order valence-corrected chi connectivity index (χ0v) is 21.5. The number of benzene rings is 3. The number of anilines is 3. The van der Waals surface area contributed by atoms with E-state index >= 15 is 0 Å². The Bertz CT molecular complexity index is 1200. The van der Waals surface area contributed by atoms with Crippen molar-refractivity contribution in [2.24, 2.45) is 0 Å². The minimum absolute atomic E-state index is 0.120. The number of aryl methyl sites for hydroxylation is 2. The lowest BCUT2D eigenvalue weighted by Gasteiger charge is -2.38. The zero-order chi connectivity index (χ0) is 25.5. The van der Waals surface area contributed by atoms with Gasteiger partial charge in [-0.25, -0.2) is 0 Å². The van der Waals surface area contributed by atoms with Crippen LogP contribution in [0.15, 0.2) is 66.7 Å². The molecule has 0 aliphatic carbocycles. The number of amides is 2. The first-order chi connectivity index (χ1) is 17.5. The van der Waals surface area contributed by atoms with Gasteiger partial charge >= 0.3 is 0 Å². The van der Waals surface area contributed by atoms with Crippen molar-refractivity contribution in [1.82, 2.24) is 5.32 Å². The van der Waals surface area contributed by atoms with Gasteiger partial charge < -0.3 is 20.4 Å². The van der Waals surface area contributed by atoms with Gasteiger partial charge in [-0.3, -0.25) is 9.59 Å². The van der Waals surface area contributed by atoms with Crippen LogP contribution < -0.4 is 20.4 Å². The lowest BCUT2D eigenvalue weighted by Crippen LogP contribution is -2.47. The van der Waals surface area contributed by atoms with Gasteiger partial charge in [0.2, 0.25) is 0 Å². The van der Waals surface area contributed by atoms with Gasteiger partial charge in [0.05, 0.1) is 11.4 Å². The molecule has 1 aliphatic rings. The molecule has 2 N–H and O–H groups in total. The van der Waals surface area contributed by atoms with Crippen molar-refractivity contribution in [3.05, 3.63) is 89.0 Å². The van der Waals surface area contributed by atoms with E-state index in [-0.39, 0.29) is 11.8 Å². The molecule has 0 spiro atoms. The van der Waals surface area contributed by atoms with Crippen LogP contribution in [0.4, 0.5) is 17.1 Å². The second kappa shape index (κ2) is 11.8. The average molecular weight is 485 g/mol. The quantitative estimate of drug-likeness (QED) is 0.420. The van der Waals surface area contributed by atoms with Crippen molar-refractivity contribution < 1.29 is 9.59 Å². The van der Waals surface area contributed by atoms with Crippen molar-refractivity contribution in [2.75, 3.05) is 47.8 Å². The van der Waals surface area contributed by atoms with Crippen LogP contribution in [0.1, 0.15) is 51.6 Å². The molecule has 36 heavy (non-hydrogen) atoms. The van der Waals surface area contributed by atoms with Crippen molar-refractivity contribution in [3.8, 4) is 0 Å². The number of nitrogens with zero attached hydrogens (tertiary/aromatic N) is 2. The van der Waals surface area contributed by atoms with Crippen LogP contribution in [0.5, 0.6) is 0 Å². The van der Waals surface area contributed by atoms with E-state index in [1.165, 1.54) is 11.3 Å². The van der Waals surface area contributed by atoms with Gasteiger partial charge in [-0.1, -0.05) is 49.2 Å². The van der Waals surface area contributed by atoms with Gasteiger partial charge in [-0.15, -0.1) is 0 Å². The number of carbonyl (C=O) groups is 2. The summed E-state index contributed by atoms with van der Waals surface area (Å²) in [6.07, 6.45) is 1.96. The molecule has 6 nitrogen and oxygen atoms in total. The first kappa shape index (κ1) is 25.3. The molecule has 1 aliphatic heterocycles. The topological polar surface area (TPSA) is 64.7 Å². The largest absolute Gasteiger partial charge is 0.368 e. The minimum atomic E-state index is -0.182. The second-order valence-electron chi connectivity index (χ2n) is 9.42. The Hall–Kier alpha value is -3.80. The maximum atomic E-state index is 13.1. The summed E-state index contributed by atoms with van der Waals surface area (Å²) < 4.78 is 0. The minimum Gasteiger partial charge on any atom is -0.368 e. The van der Waals surface area contributed by atoms with Crippen molar-refractivity contribution >= 4 is 28.9 Å². The van der Waals surface area contributed by atoms with E-state index in [0.717, 1.165) is 50.3 Å². The molecule has 0 atom stereocenters. The molecule has 6 heteroatoms. The maximum absolute atomic E-state index is 13.1. The molecule has 188 valence electrons. The zero-order valence-electron chi connectivity index (χ0n) is 21.5. The summed E-state index contributed by atoms with van der Waals surface area (Å²) in [5, 5.41) is 6.06. The predicted molar refractivity (Wildman–Crippen MR) is 148 cm³/mol. The number of hydrogen-bond acceptors (Lipinski definition) is 4. The van der Waals surface area contributed by atoms with Gasteiger partial charge in [0.15, 0.2) is 0 Å². The van der Waals surface area contributed by atoms with Crippen molar-refractivity contribution in [2.45, 2.75) is 33.6 Å². The molecular formula is C30H36N4O2. The number of piperazine rings is 1. The summed E-state index contributed by atoms with van der Waals surface area (Å²) in [5.41, 5.74) is 6.38. The third kappa shape index (κ3) is 6.06. The molecule has 1 saturated heterocycles. The molecule has 0 saturated carbocycles. The van der Waals surface area contributed by atoms with E-state index in [4.69, 9.17) is 0 Å². The smallest absolute Gasteiger partial charge is 0.255 e. The fraction of sp³-hybridized carbons (Fsp3) is 0.333. The molecule has 3 aromatic carbocycles. The molecule has 4 rings (SSSR count). The van der Waals surface area contributed by atoms with Crippen LogP contribution in [0.3, 0.4) is 0 Å². The predicted octanol–water partition coefficient (Wildman–Crippen LogP) is 5.41. The van der Waals surface area contributed by atoms with Gasteiger partial charge in [-0.2, -0.15) is 0 Å². The third-order valence-corrected chi connectivity index (χ3v) is 6.71. The first-order valence-electron chi connectivity index (χ1n) is 12.8. The number of hydrogen-bond donors (Lipinski definition) is 2.